The summed E-state index contributed by atoms with van der Waals surface area (Å²) in [5, 5.41) is 7.75. The van der Waals surface area contributed by atoms with Crippen LogP contribution in [0.1, 0.15) is 22.4 Å². The first-order valence-electron chi connectivity index (χ1n) is 9.01. The lowest BCUT2D eigenvalue weighted by molar-refractivity contribution is 0.417. The Morgan fingerprint density at radius 1 is 1.14 bits per heavy atom. The molecule has 0 saturated carbocycles. The van der Waals surface area contributed by atoms with Crippen LogP contribution in [-0.2, 0) is 6.54 Å². The zero-order chi connectivity index (χ0) is 19.9. The molecule has 28 heavy (non-hydrogen) atoms. The van der Waals surface area contributed by atoms with Gasteiger partial charge in [0.15, 0.2) is 5.11 Å². The van der Waals surface area contributed by atoms with Crippen LogP contribution in [0.25, 0.3) is 0 Å². The summed E-state index contributed by atoms with van der Waals surface area (Å²) in [6, 6.07) is 18.1. The highest BCUT2D eigenvalue weighted by Gasteiger charge is 2.05. The summed E-state index contributed by atoms with van der Waals surface area (Å²) in [7, 11) is 1.62. The fourth-order valence-corrected chi connectivity index (χ4v) is 3.06. The lowest BCUT2D eigenvalue weighted by Crippen LogP contribution is -2.24. The van der Waals surface area contributed by atoms with Gasteiger partial charge in [-0.25, -0.2) is 0 Å². The van der Waals surface area contributed by atoms with E-state index in [4.69, 9.17) is 17.0 Å². The van der Waals surface area contributed by atoms with Gasteiger partial charge in [-0.15, -0.1) is 0 Å². The van der Waals surface area contributed by atoms with Gasteiger partial charge in [-0.05, 0) is 61.5 Å². The topological polar surface area (TPSA) is 50.6 Å². The molecule has 0 bridgehead atoms. The number of aryl methyl sites for hydroxylation is 2. The van der Waals surface area contributed by atoms with Gasteiger partial charge in [0.1, 0.15) is 5.75 Å². The number of benzene rings is 2. The number of methoxy groups -OCH3 is 1. The molecule has 0 amide bonds. The van der Waals surface area contributed by atoms with Crippen molar-refractivity contribution in [2.24, 2.45) is 5.10 Å². The Bertz CT molecular complexity index is 994. The Hall–Kier alpha value is -3.12. The molecule has 0 fully saturated rings. The minimum atomic E-state index is 0.397. The normalized spacial score (nSPS) is 10.8. The number of ether oxygens (including phenoxy) is 1. The van der Waals surface area contributed by atoms with E-state index in [-0.39, 0.29) is 0 Å². The van der Waals surface area contributed by atoms with E-state index >= 15 is 0 Å². The van der Waals surface area contributed by atoms with Crippen molar-refractivity contribution in [3.8, 4) is 5.75 Å². The molecule has 3 aromatic rings. The lowest BCUT2D eigenvalue weighted by atomic mass is 10.1. The van der Waals surface area contributed by atoms with Crippen LogP contribution in [0.3, 0.4) is 0 Å². The molecular weight excluding hydrogens is 368 g/mol. The van der Waals surface area contributed by atoms with Gasteiger partial charge in [0, 0.05) is 12.7 Å². The lowest BCUT2D eigenvalue weighted by Gasteiger charge is -2.11. The van der Waals surface area contributed by atoms with Gasteiger partial charge in [0.2, 0.25) is 0 Å². The number of hydrogen-bond acceptors (Lipinski definition) is 3. The highest BCUT2D eigenvalue weighted by molar-refractivity contribution is 7.80. The summed E-state index contributed by atoms with van der Waals surface area (Å²) in [6.45, 7) is 5.04. The molecule has 0 atom stereocenters. The molecule has 3 rings (SSSR count). The second-order valence-corrected chi connectivity index (χ2v) is 6.92. The van der Waals surface area contributed by atoms with Crippen LogP contribution in [0.15, 0.2) is 65.9 Å². The number of rotatable bonds is 6. The molecule has 1 heterocycles. The van der Waals surface area contributed by atoms with Crippen LogP contribution in [0.2, 0.25) is 0 Å². The van der Waals surface area contributed by atoms with Crippen LogP contribution in [0.4, 0.5) is 5.69 Å². The molecule has 5 nitrogen and oxygen atoms in total. The molecule has 6 heteroatoms. The van der Waals surface area contributed by atoms with Crippen LogP contribution in [0, 0.1) is 13.8 Å². The maximum Gasteiger partial charge on any atom is 0.191 e. The Balaban J connectivity index is 1.63. The minimum Gasteiger partial charge on any atom is -0.495 e. The number of nitrogens with zero attached hydrogens (tertiary/aromatic N) is 2. The first-order valence-corrected chi connectivity index (χ1v) is 9.42. The molecule has 0 aliphatic rings. The molecule has 2 N–H and O–H groups in total. The molecule has 1 aromatic heterocycles. The largest absolute Gasteiger partial charge is 0.495 e. The molecule has 2 aromatic carbocycles. The Labute approximate surface area is 171 Å². The molecule has 0 aliphatic heterocycles. The van der Waals surface area contributed by atoms with Crippen molar-refractivity contribution in [1.82, 2.24) is 9.99 Å². The standard InChI is InChI=1S/C22H24N4OS/c1-16-10-11-17(2)18(13-16)15-26-12-6-7-19(26)14-23-25-22(28)24-20-8-4-5-9-21(20)27-3/h4-14H,15H2,1-3H3,(H2,24,25,28)/b23-14-. The van der Waals surface area contributed by atoms with Crippen molar-refractivity contribution < 1.29 is 4.74 Å². The summed E-state index contributed by atoms with van der Waals surface area (Å²) in [5.41, 5.74) is 8.48. The van der Waals surface area contributed by atoms with Crippen LogP contribution in [0.5, 0.6) is 5.75 Å². The predicted molar refractivity (Wildman–Crippen MR) is 119 cm³/mol. The highest BCUT2D eigenvalue weighted by Crippen LogP contribution is 2.22. The summed E-state index contributed by atoms with van der Waals surface area (Å²) >= 11 is 5.31. The smallest absolute Gasteiger partial charge is 0.191 e. The molecule has 0 aliphatic carbocycles. The summed E-state index contributed by atoms with van der Waals surface area (Å²) in [4.78, 5) is 0. The van der Waals surface area contributed by atoms with Gasteiger partial charge in [-0.2, -0.15) is 5.10 Å². The first-order chi connectivity index (χ1) is 13.6. The zero-order valence-electron chi connectivity index (χ0n) is 16.3. The number of thiocarbonyl (C=S) groups is 1. The Kier molecular flexibility index (Phi) is 6.45. The molecule has 0 radical (unpaired) electrons. The third-order valence-electron chi connectivity index (χ3n) is 4.43. The molecular formula is C22H24N4OS. The minimum absolute atomic E-state index is 0.397. The van der Waals surface area contributed by atoms with E-state index in [1.165, 1.54) is 16.7 Å². The van der Waals surface area contributed by atoms with Crippen LogP contribution < -0.4 is 15.5 Å². The number of aromatic nitrogens is 1. The van der Waals surface area contributed by atoms with E-state index in [0.717, 1.165) is 23.7 Å². The number of nitrogens with one attached hydrogen (secondary N) is 2. The second-order valence-electron chi connectivity index (χ2n) is 6.52. The Morgan fingerprint density at radius 3 is 2.79 bits per heavy atom. The Morgan fingerprint density at radius 2 is 1.96 bits per heavy atom. The van der Waals surface area contributed by atoms with Crippen LogP contribution >= 0.6 is 12.2 Å². The molecule has 0 unspecified atom stereocenters. The van der Waals surface area contributed by atoms with E-state index in [9.17, 15) is 0 Å². The van der Waals surface area contributed by atoms with E-state index in [0.29, 0.717) is 5.11 Å². The van der Waals surface area contributed by atoms with Crippen molar-refractivity contribution in [1.29, 1.82) is 0 Å². The third-order valence-corrected chi connectivity index (χ3v) is 4.62. The van der Waals surface area contributed by atoms with E-state index < -0.39 is 0 Å². The van der Waals surface area contributed by atoms with E-state index in [1.54, 1.807) is 13.3 Å². The molecule has 0 saturated heterocycles. The predicted octanol–water partition coefficient (Wildman–Crippen LogP) is 4.48. The van der Waals surface area contributed by atoms with Crippen molar-refractivity contribution in [2.45, 2.75) is 20.4 Å². The molecule has 144 valence electrons. The second kappa shape index (κ2) is 9.19. The summed E-state index contributed by atoms with van der Waals surface area (Å²) in [5.74, 6) is 0.720. The van der Waals surface area contributed by atoms with Gasteiger partial charge in [-0.1, -0.05) is 35.9 Å². The number of para-hydroxylation sites is 2. The van der Waals surface area contributed by atoms with Crippen molar-refractivity contribution in [3.63, 3.8) is 0 Å². The van der Waals surface area contributed by atoms with Crippen molar-refractivity contribution >= 4 is 29.2 Å². The van der Waals surface area contributed by atoms with Gasteiger partial charge < -0.3 is 14.6 Å². The average Bonchev–Trinajstić information content (AvgIpc) is 3.12. The number of hydrogen-bond donors (Lipinski definition) is 2. The summed E-state index contributed by atoms with van der Waals surface area (Å²) in [6.07, 6.45) is 3.82. The van der Waals surface area contributed by atoms with Gasteiger partial charge in [0.05, 0.1) is 24.7 Å². The average molecular weight is 393 g/mol. The van der Waals surface area contributed by atoms with Crippen LogP contribution in [-0.4, -0.2) is 23.0 Å². The number of anilines is 1. The van der Waals surface area contributed by atoms with Gasteiger partial charge in [0.25, 0.3) is 0 Å². The van der Waals surface area contributed by atoms with Crippen molar-refractivity contribution in [2.75, 3.05) is 12.4 Å². The SMILES string of the molecule is COc1ccccc1NC(=S)N/N=C\c1cccn1Cc1cc(C)ccc1C. The van der Waals surface area contributed by atoms with Gasteiger partial charge >= 0.3 is 0 Å². The maximum absolute atomic E-state index is 5.31. The third kappa shape index (κ3) is 4.98. The quantitative estimate of drug-likeness (QED) is 0.369. The fourth-order valence-electron chi connectivity index (χ4n) is 2.90. The van der Waals surface area contributed by atoms with E-state index in [1.807, 2.05) is 36.4 Å². The highest BCUT2D eigenvalue weighted by atomic mass is 32.1. The first kappa shape index (κ1) is 19.6. The maximum atomic E-state index is 5.31. The summed E-state index contributed by atoms with van der Waals surface area (Å²) < 4.78 is 7.46. The van der Waals surface area contributed by atoms with Crippen molar-refractivity contribution in [3.05, 3.63) is 83.2 Å². The van der Waals surface area contributed by atoms with Gasteiger partial charge in [-0.3, -0.25) is 5.43 Å². The fraction of sp³-hybridized carbons (Fsp3) is 0.182. The van der Waals surface area contributed by atoms with E-state index in [2.05, 4.69) is 58.7 Å². The molecule has 0 spiro atoms. The number of hydrazone groups is 1. The zero-order valence-corrected chi connectivity index (χ0v) is 17.1. The monoisotopic (exact) mass is 392 g/mol.